The van der Waals surface area contributed by atoms with Crippen LogP contribution in [0.1, 0.15) is 38.5 Å². The van der Waals surface area contributed by atoms with Crippen molar-refractivity contribution in [2.24, 2.45) is 5.92 Å². The van der Waals surface area contributed by atoms with Crippen molar-refractivity contribution in [3.63, 3.8) is 0 Å². The molecule has 1 aliphatic carbocycles. The number of nitrogens with one attached hydrogen (secondary N) is 1. The van der Waals surface area contributed by atoms with Gasteiger partial charge in [0.05, 0.1) is 6.26 Å². The Morgan fingerprint density at radius 2 is 2.25 bits per heavy atom. The fourth-order valence-electron chi connectivity index (χ4n) is 3.59. The van der Waals surface area contributed by atoms with Crippen LogP contribution in [0.5, 0.6) is 0 Å². The first-order chi connectivity index (χ1) is 11.6. The summed E-state index contributed by atoms with van der Waals surface area (Å²) < 4.78 is 10.7. The molecule has 1 saturated heterocycles. The van der Waals surface area contributed by atoms with E-state index in [1.54, 1.807) is 12.1 Å². The molecular weight excluding hydrogens is 312 g/mol. The number of hydrogen-bond acceptors (Lipinski definition) is 6. The van der Waals surface area contributed by atoms with Crippen LogP contribution < -0.4 is 5.32 Å². The van der Waals surface area contributed by atoms with Gasteiger partial charge >= 0.3 is 6.03 Å². The molecule has 2 aromatic rings. The third kappa shape index (κ3) is 2.21. The molecule has 2 aliphatic rings. The summed E-state index contributed by atoms with van der Waals surface area (Å²) in [5.41, 5.74) is -0.779. The van der Waals surface area contributed by atoms with Crippen molar-refractivity contribution >= 4 is 11.9 Å². The van der Waals surface area contributed by atoms with Gasteiger partial charge in [-0.2, -0.15) is 0 Å². The van der Waals surface area contributed by atoms with Crippen molar-refractivity contribution in [3.05, 3.63) is 24.3 Å². The van der Waals surface area contributed by atoms with Crippen LogP contribution >= 0.6 is 0 Å². The summed E-state index contributed by atoms with van der Waals surface area (Å²) in [6, 6.07) is 3.01. The van der Waals surface area contributed by atoms with E-state index in [0.717, 1.165) is 19.3 Å². The summed E-state index contributed by atoms with van der Waals surface area (Å²) in [6.45, 7) is 1.98. The van der Waals surface area contributed by atoms with Gasteiger partial charge in [-0.3, -0.25) is 9.69 Å². The van der Waals surface area contributed by atoms with Crippen LogP contribution in [-0.2, 0) is 11.3 Å². The molecule has 0 bridgehead atoms. The zero-order valence-electron chi connectivity index (χ0n) is 13.3. The lowest BCUT2D eigenvalue weighted by molar-refractivity contribution is -0.134. The van der Waals surface area contributed by atoms with E-state index in [1.807, 2.05) is 6.92 Å². The van der Waals surface area contributed by atoms with Crippen molar-refractivity contribution in [2.45, 2.75) is 44.7 Å². The Kier molecular flexibility index (Phi) is 3.40. The molecule has 0 unspecified atom stereocenters. The van der Waals surface area contributed by atoms with Crippen LogP contribution in [0.2, 0.25) is 0 Å². The molecule has 0 radical (unpaired) electrons. The molecule has 24 heavy (non-hydrogen) atoms. The van der Waals surface area contributed by atoms with E-state index in [4.69, 9.17) is 8.83 Å². The molecule has 1 aliphatic heterocycles. The molecule has 1 saturated carbocycles. The summed E-state index contributed by atoms with van der Waals surface area (Å²) in [5, 5.41) is 10.7. The number of imide groups is 1. The molecular formula is C16H18N4O4. The zero-order chi connectivity index (χ0) is 16.7. The van der Waals surface area contributed by atoms with E-state index in [0.29, 0.717) is 12.2 Å². The van der Waals surface area contributed by atoms with Gasteiger partial charge in [0.2, 0.25) is 5.89 Å². The summed E-state index contributed by atoms with van der Waals surface area (Å²) in [5.74, 6) is 0.794. The van der Waals surface area contributed by atoms with E-state index in [2.05, 4.69) is 15.5 Å². The Hall–Kier alpha value is -2.64. The Bertz CT molecular complexity index is 769. The molecule has 8 heteroatoms. The van der Waals surface area contributed by atoms with E-state index >= 15 is 0 Å². The highest BCUT2D eigenvalue weighted by atomic mass is 16.4. The van der Waals surface area contributed by atoms with Gasteiger partial charge in [0, 0.05) is 0 Å². The molecule has 1 spiro atoms. The number of carbonyl (C=O) groups is 2. The molecule has 2 aromatic heterocycles. The van der Waals surface area contributed by atoms with Gasteiger partial charge in [0.15, 0.2) is 5.76 Å². The number of urea groups is 1. The van der Waals surface area contributed by atoms with Gasteiger partial charge in [0.25, 0.3) is 11.8 Å². The lowest BCUT2D eigenvalue weighted by Crippen LogP contribution is -2.53. The number of furan rings is 1. The minimum atomic E-state index is -0.779. The first kappa shape index (κ1) is 14.9. The fraction of sp³-hybridized carbons (Fsp3) is 0.500. The van der Waals surface area contributed by atoms with Crippen molar-refractivity contribution in [2.75, 3.05) is 0 Å². The topological polar surface area (TPSA) is 101 Å². The highest BCUT2D eigenvalue weighted by Gasteiger charge is 2.55. The van der Waals surface area contributed by atoms with Crippen molar-refractivity contribution in [1.29, 1.82) is 0 Å². The lowest BCUT2D eigenvalue weighted by Gasteiger charge is -2.36. The quantitative estimate of drug-likeness (QED) is 0.867. The normalized spacial score (nSPS) is 27.0. The second-order valence-corrected chi connectivity index (χ2v) is 6.42. The van der Waals surface area contributed by atoms with E-state index < -0.39 is 11.6 Å². The summed E-state index contributed by atoms with van der Waals surface area (Å²) >= 11 is 0. The number of aromatic nitrogens is 2. The fourth-order valence-corrected chi connectivity index (χ4v) is 3.59. The monoisotopic (exact) mass is 330 g/mol. The number of carbonyl (C=O) groups excluding carboxylic acids is 2. The maximum Gasteiger partial charge on any atom is 0.325 e. The molecule has 3 heterocycles. The predicted molar refractivity (Wildman–Crippen MR) is 81.4 cm³/mol. The molecule has 3 amide bonds. The predicted octanol–water partition coefficient (Wildman–Crippen LogP) is 2.33. The number of hydrogen-bond donors (Lipinski definition) is 1. The molecule has 0 aromatic carbocycles. The minimum Gasteiger partial charge on any atom is -0.459 e. The van der Waals surface area contributed by atoms with E-state index in [1.165, 1.54) is 11.2 Å². The van der Waals surface area contributed by atoms with Gasteiger partial charge in [-0.05, 0) is 30.9 Å². The first-order valence-electron chi connectivity index (χ1n) is 8.10. The Morgan fingerprint density at radius 1 is 1.38 bits per heavy atom. The molecule has 4 rings (SSSR count). The summed E-state index contributed by atoms with van der Waals surface area (Å²) in [4.78, 5) is 26.4. The van der Waals surface area contributed by atoms with Crippen molar-refractivity contribution < 1.29 is 18.4 Å². The maximum atomic E-state index is 12.9. The van der Waals surface area contributed by atoms with E-state index in [-0.39, 0.29) is 30.2 Å². The van der Waals surface area contributed by atoms with Crippen molar-refractivity contribution in [1.82, 2.24) is 20.4 Å². The zero-order valence-corrected chi connectivity index (χ0v) is 13.3. The van der Waals surface area contributed by atoms with Gasteiger partial charge in [-0.15, -0.1) is 10.2 Å². The molecule has 8 nitrogen and oxygen atoms in total. The van der Waals surface area contributed by atoms with Crippen LogP contribution in [0.15, 0.2) is 27.2 Å². The second-order valence-electron chi connectivity index (χ2n) is 6.42. The van der Waals surface area contributed by atoms with Crippen LogP contribution in [0.3, 0.4) is 0 Å². The Morgan fingerprint density at radius 3 is 3.00 bits per heavy atom. The lowest BCUT2D eigenvalue weighted by atomic mass is 9.73. The highest BCUT2D eigenvalue weighted by molar-refractivity contribution is 6.07. The molecule has 126 valence electrons. The van der Waals surface area contributed by atoms with Gasteiger partial charge in [0.1, 0.15) is 12.1 Å². The SMILES string of the molecule is C[C@H]1CCCC[C@]12NC(=O)N(Cc1nnc(-c3ccco3)o1)C2=O. The number of nitrogens with zero attached hydrogens (tertiary/aromatic N) is 3. The van der Waals surface area contributed by atoms with Crippen LogP contribution in [-0.4, -0.2) is 32.6 Å². The van der Waals surface area contributed by atoms with E-state index in [9.17, 15) is 9.59 Å². The Balaban J connectivity index is 1.55. The molecule has 2 atom stereocenters. The van der Waals surface area contributed by atoms with Crippen LogP contribution in [0.25, 0.3) is 11.7 Å². The third-order valence-corrected chi connectivity index (χ3v) is 4.99. The Labute approximate surface area is 138 Å². The van der Waals surface area contributed by atoms with Crippen LogP contribution in [0.4, 0.5) is 4.79 Å². The molecule has 1 N–H and O–H groups in total. The largest absolute Gasteiger partial charge is 0.459 e. The average molecular weight is 330 g/mol. The summed E-state index contributed by atoms with van der Waals surface area (Å²) in [6.07, 6.45) is 5.14. The second kappa shape index (κ2) is 5.47. The van der Waals surface area contributed by atoms with Gasteiger partial charge in [-0.25, -0.2) is 4.79 Å². The van der Waals surface area contributed by atoms with Crippen molar-refractivity contribution in [3.8, 4) is 11.7 Å². The summed E-state index contributed by atoms with van der Waals surface area (Å²) in [7, 11) is 0. The third-order valence-electron chi connectivity index (χ3n) is 4.99. The smallest absolute Gasteiger partial charge is 0.325 e. The number of amides is 3. The van der Waals surface area contributed by atoms with Crippen LogP contribution in [0, 0.1) is 5.92 Å². The molecule has 2 fully saturated rings. The standard InChI is InChI=1S/C16H18N4O4/c1-10-5-2-3-7-16(10)14(21)20(15(22)17-16)9-12-18-19-13(24-12)11-6-4-8-23-11/h4,6,8,10H,2-3,5,7,9H2,1H3,(H,17,22)/t10-,16-/m0/s1. The van der Waals surface area contributed by atoms with Gasteiger partial charge < -0.3 is 14.2 Å². The maximum absolute atomic E-state index is 12.9. The highest BCUT2D eigenvalue weighted by Crippen LogP contribution is 2.38. The minimum absolute atomic E-state index is 0.0349. The van der Waals surface area contributed by atoms with Gasteiger partial charge in [-0.1, -0.05) is 19.8 Å². The first-order valence-corrected chi connectivity index (χ1v) is 8.10. The number of rotatable bonds is 3. The average Bonchev–Trinajstić information content (AvgIpc) is 3.28.